The number of nitrogens with zero attached hydrogens (tertiary/aromatic N) is 4. The molecule has 0 saturated carbocycles. The SMILES string of the molecule is CC.CC.COc1on(C)c(=O)c1-c1ccccc1COc1ncn(-c2ccccc2)n1. The second kappa shape index (κ2) is 12.1. The number of rotatable bonds is 6. The van der Waals surface area contributed by atoms with Crippen LogP contribution in [0.3, 0.4) is 0 Å². The summed E-state index contributed by atoms with van der Waals surface area (Å²) < 4.78 is 19.1. The summed E-state index contributed by atoms with van der Waals surface area (Å²) in [6.07, 6.45) is 1.59. The molecular weight excluding hydrogens is 408 g/mol. The first-order valence-electron chi connectivity index (χ1n) is 10.6. The second-order valence-corrected chi connectivity index (χ2v) is 6.01. The molecule has 8 heteroatoms. The lowest BCUT2D eigenvalue weighted by molar-refractivity contribution is 0.208. The first-order chi connectivity index (χ1) is 15.7. The molecule has 8 nitrogen and oxygen atoms in total. The van der Waals surface area contributed by atoms with E-state index in [0.717, 1.165) is 16.0 Å². The molecule has 0 fully saturated rings. The van der Waals surface area contributed by atoms with Gasteiger partial charge in [-0.05, 0) is 17.7 Å². The lowest BCUT2D eigenvalue weighted by Gasteiger charge is -2.08. The van der Waals surface area contributed by atoms with Gasteiger partial charge in [-0.1, -0.05) is 70.2 Å². The number of para-hydroxylation sites is 1. The van der Waals surface area contributed by atoms with Crippen LogP contribution >= 0.6 is 0 Å². The molecule has 0 aliphatic rings. The molecule has 0 amide bonds. The van der Waals surface area contributed by atoms with Crippen molar-refractivity contribution in [2.24, 2.45) is 7.05 Å². The topological polar surface area (TPSA) is 84.3 Å². The molecule has 2 aromatic carbocycles. The summed E-state index contributed by atoms with van der Waals surface area (Å²) in [5, 5.41) is 4.33. The van der Waals surface area contributed by atoms with E-state index in [1.807, 2.05) is 82.3 Å². The zero-order chi connectivity index (χ0) is 23.5. The van der Waals surface area contributed by atoms with Crippen LogP contribution in [0.4, 0.5) is 0 Å². The third-order valence-corrected chi connectivity index (χ3v) is 4.24. The first kappa shape index (κ1) is 24.5. The predicted octanol–water partition coefficient (Wildman–Crippen LogP) is 4.87. The van der Waals surface area contributed by atoms with E-state index in [2.05, 4.69) is 10.1 Å². The van der Waals surface area contributed by atoms with Crippen molar-refractivity contribution in [2.75, 3.05) is 7.11 Å². The number of hydrogen-bond donors (Lipinski definition) is 0. The van der Waals surface area contributed by atoms with Gasteiger partial charge in [-0.2, -0.15) is 9.72 Å². The van der Waals surface area contributed by atoms with Gasteiger partial charge in [0.25, 0.3) is 5.56 Å². The van der Waals surface area contributed by atoms with Crippen LogP contribution in [0.2, 0.25) is 0 Å². The quantitative estimate of drug-likeness (QED) is 0.427. The highest BCUT2D eigenvalue weighted by molar-refractivity contribution is 5.70. The van der Waals surface area contributed by atoms with Crippen molar-refractivity contribution in [1.29, 1.82) is 0 Å². The van der Waals surface area contributed by atoms with E-state index in [4.69, 9.17) is 14.0 Å². The van der Waals surface area contributed by atoms with Crippen molar-refractivity contribution >= 4 is 0 Å². The molecule has 0 bridgehead atoms. The fourth-order valence-corrected chi connectivity index (χ4v) is 2.87. The molecule has 0 aliphatic carbocycles. The lowest BCUT2D eigenvalue weighted by Crippen LogP contribution is -2.12. The minimum absolute atomic E-state index is 0.159. The third-order valence-electron chi connectivity index (χ3n) is 4.24. The summed E-state index contributed by atoms with van der Waals surface area (Å²) >= 11 is 0. The molecule has 0 unspecified atom stereocenters. The fourth-order valence-electron chi connectivity index (χ4n) is 2.87. The molecule has 0 atom stereocenters. The number of ether oxygens (including phenoxy) is 2. The van der Waals surface area contributed by atoms with Crippen molar-refractivity contribution in [1.82, 2.24) is 19.5 Å². The van der Waals surface area contributed by atoms with Gasteiger partial charge in [0.2, 0.25) is 0 Å². The largest absolute Gasteiger partial charge is 0.467 e. The van der Waals surface area contributed by atoms with Gasteiger partial charge in [0.05, 0.1) is 12.8 Å². The molecule has 0 aliphatic heterocycles. The van der Waals surface area contributed by atoms with Crippen LogP contribution in [0.25, 0.3) is 16.8 Å². The van der Waals surface area contributed by atoms with E-state index in [1.165, 1.54) is 14.2 Å². The Morgan fingerprint density at radius 3 is 2.31 bits per heavy atom. The highest BCUT2D eigenvalue weighted by Gasteiger charge is 2.21. The van der Waals surface area contributed by atoms with Gasteiger partial charge < -0.3 is 14.0 Å². The van der Waals surface area contributed by atoms with Crippen LogP contribution in [0.1, 0.15) is 33.3 Å². The molecule has 0 N–H and O–H groups in total. The maximum Gasteiger partial charge on any atom is 0.336 e. The molecule has 0 spiro atoms. The van der Waals surface area contributed by atoms with Gasteiger partial charge in [-0.25, -0.2) is 4.68 Å². The monoisotopic (exact) mass is 438 g/mol. The Morgan fingerprint density at radius 2 is 1.62 bits per heavy atom. The van der Waals surface area contributed by atoms with Crippen LogP contribution in [0.15, 0.2) is 70.2 Å². The zero-order valence-electron chi connectivity index (χ0n) is 19.4. The average molecular weight is 439 g/mol. The number of aromatic nitrogens is 4. The smallest absolute Gasteiger partial charge is 0.336 e. The molecule has 2 aromatic heterocycles. The zero-order valence-corrected chi connectivity index (χ0v) is 19.4. The van der Waals surface area contributed by atoms with Gasteiger partial charge in [0.1, 0.15) is 18.5 Å². The first-order valence-corrected chi connectivity index (χ1v) is 10.6. The van der Waals surface area contributed by atoms with E-state index in [9.17, 15) is 4.79 Å². The van der Waals surface area contributed by atoms with Crippen LogP contribution in [-0.4, -0.2) is 26.6 Å². The Balaban J connectivity index is 0.000000860. The summed E-state index contributed by atoms with van der Waals surface area (Å²) in [5.74, 6) is 0.159. The molecule has 4 rings (SSSR count). The number of aryl methyl sites for hydroxylation is 1. The van der Waals surface area contributed by atoms with E-state index < -0.39 is 0 Å². The highest BCUT2D eigenvalue weighted by atomic mass is 16.6. The van der Waals surface area contributed by atoms with E-state index in [-0.39, 0.29) is 24.1 Å². The summed E-state index contributed by atoms with van der Waals surface area (Å²) in [5.41, 5.74) is 2.42. The van der Waals surface area contributed by atoms with E-state index in [0.29, 0.717) is 11.1 Å². The Bertz CT molecular complexity index is 1150. The molecule has 32 heavy (non-hydrogen) atoms. The van der Waals surface area contributed by atoms with Crippen LogP contribution in [0, 0.1) is 0 Å². The van der Waals surface area contributed by atoms with Crippen LogP contribution in [0.5, 0.6) is 12.0 Å². The highest BCUT2D eigenvalue weighted by Crippen LogP contribution is 2.30. The van der Waals surface area contributed by atoms with Crippen molar-refractivity contribution in [3.63, 3.8) is 0 Å². The van der Waals surface area contributed by atoms with Crippen molar-refractivity contribution < 1.29 is 14.0 Å². The van der Waals surface area contributed by atoms with E-state index in [1.54, 1.807) is 11.0 Å². The molecule has 2 heterocycles. The predicted molar refractivity (Wildman–Crippen MR) is 124 cm³/mol. The van der Waals surface area contributed by atoms with Gasteiger partial charge in [0, 0.05) is 12.6 Å². The van der Waals surface area contributed by atoms with Gasteiger partial charge >= 0.3 is 12.0 Å². The minimum atomic E-state index is -0.282. The summed E-state index contributed by atoms with van der Waals surface area (Å²) in [4.78, 5) is 16.6. The van der Waals surface area contributed by atoms with Gasteiger partial charge in [0.15, 0.2) is 0 Å². The molecule has 0 saturated heterocycles. The van der Waals surface area contributed by atoms with Crippen molar-refractivity contribution in [3.8, 4) is 28.8 Å². The Kier molecular flexibility index (Phi) is 9.28. The number of benzene rings is 2. The molecular formula is C24H30N4O4. The summed E-state index contributed by atoms with van der Waals surface area (Å²) in [7, 11) is 2.99. The number of methoxy groups -OCH3 is 1. The van der Waals surface area contributed by atoms with Crippen molar-refractivity contribution in [2.45, 2.75) is 34.3 Å². The lowest BCUT2D eigenvalue weighted by atomic mass is 10.0. The van der Waals surface area contributed by atoms with Gasteiger partial charge in [-0.15, -0.1) is 5.10 Å². The maximum atomic E-state index is 12.5. The number of hydrogen-bond acceptors (Lipinski definition) is 6. The third kappa shape index (κ3) is 5.46. The van der Waals surface area contributed by atoms with Crippen LogP contribution < -0.4 is 15.0 Å². The molecule has 170 valence electrons. The van der Waals surface area contributed by atoms with Crippen molar-refractivity contribution in [3.05, 3.63) is 76.8 Å². The summed E-state index contributed by atoms with van der Waals surface area (Å²) in [6, 6.07) is 17.3. The standard InChI is InChI=1S/C20H18N4O4.2C2H6/c1-23-18(25)17(19(26-2)28-23)16-11-7-6-8-14(16)12-27-20-21-13-24(22-20)15-9-4-3-5-10-15;2*1-2/h3-11,13H,12H2,1-2H3;2*1-2H3. The Labute approximate surface area is 188 Å². The fraction of sp³-hybridized carbons (Fsp3) is 0.292. The minimum Gasteiger partial charge on any atom is -0.467 e. The van der Waals surface area contributed by atoms with Gasteiger partial charge in [-0.3, -0.25) is 4.79 Å². The Morgan fingerprint density at radius 1 is 0.969 bits per heavy atom. The molecule has 4 aromatic rings. The van der Waals surface area contributed by atoms with E-state index >= 15 is 0 Å². The average Bonchev–Trinajstić information content (AvgIpc) is 3.45. The summed E-state index contributed by atoms with van der Waals surface area (Å²) in [6.45, 7) is 8.19. The Hall–Kier alpha value is -3.81. The normalized spacial score (nSPS) is 9.81. The second-order valence-electron chi connectivity index (χ2n) is 6.01. The molecule has 0 radical (unpaired) electrons. The van der Waals surface area contributed by atoms with Crippen LogP contribution in [-0.2, 0) is 13.7 Å². The maximum absolute atomic E-state index is 12.5.